The maximum absolute atomic E-state index is 10.5. The van der Waals surface area contributed by atoms with Gasteiger partial charge in [-0.2, -0.15) is 0 Å². The number of morpholine rings is 1. The van der Waals surface area contributed by atoms with E-state index in [4.69, 9.17) is 9.47 Å². The average Bonchev–Trinajstić information content (AvgIpc) is 2.53. The molecule has 2 N–H and O–H groups in total. The number of hydrogen-bond donors (Lipinski definition) is 2. The Morgan fingerprint density at radius 1 is 1.33 bits per heavy atom. The Morgan fingerprint density at radius 2 is 2.14 bits per heavy atom. The maximum atomic E-state index is 10.5. The fourth-order valence-corrected chi connectivity index (χ4v) is 2.88. The van der Waals surface area contributed by atoms with Crippen LogP contribution in [-0.2, 0) is 22.6 Å². The molecule has 0 saturated carbocycles. The minimum atomic E-state index is 0.296. The van der Waals surface area contributed by atoms with Gasteiger partial charge in [0.1, 0.15) is 25.2 Å². The average molecular weight is 289 g/mol. The van der Waals surface area contributed by atoms with Crippen molar-refractivity contribution >= 4 is 10.9 Å². The highest BCUT2D eigenvalue weighted by molar-refractivity contribution is 5.88. The van der Waals surface area contributed by atoms with Crippen LogP contribution in [-0.4, -0.2) is 43.5 Å². The number of hydrogen-bond acceptors (Lipinski definition) is 4. The number of phenolic OH excluding ortho intramolecular Hbond substituents is 1. The predicted octanol–water partition coefficient (Wildman–Crippen LogP) is 0.502. The molecule has 2 heterocycles. The van der Waals surface area contributed by atoms with Crippen LogP contribution < -0.4 is 4.90 Å². The van der Waals surface area contributed by atoms with E-state index in [0.29, 0.717) is 17.9 Å². The number of ether oxygens (including phenoxy) is 2. The van der Waals surface area contributed by atoms with Crippen LogP contribution in [0, 0.1) is 0 Å². The lowest BCUT2D eigenvalue weighted by molar-refractivity contribution is -0.921. The Kier molecular flexibility index (Phi) is 4.34. The summed E-state index contributed by atoms with van der Waals surface area (Å²) in [6, 6.07) is 5.90. The van der Waals surface area contributed by atoms with Crippen molar-refractivity contribution in [2.75, 3.05) is 33.4 Å². The predicted molar refractivity (Wildman–Crippen MR) is 79.3 cm³/mol. The number of benzene rings is 1. The van der Waals surface area contributed by atoms with Gasteiger partial charge >= 0.3 is 0 Å². The molecule has 1 saturated heterocycles. The Morgan fingerprint density at radius 3 is 2.90 bits per heavy atom. The Labute approximate surface area is 124 Å². The molecule has 0 aliphatic carbocycles. The summed E-state index contributed by atoms with van der Waals surface area (Å²) in [7, 11) is 1.68. The minimum absolute atomic E-state index is 0.296. The molecular weight excluding hydrogens is 268 g/mol. The molecule has 0 spiro atoms. The number of quaternary nitrogens is 1. The first kappa shape index (κ1) is 14.3. The Bertz CT molecular complexity index is 624. The van der Waals surface area contributed by atoms with Gasteiger partial charge in [-0.15, -0.1) is 0 Å². The third kappa shape index (κ3) is 3.00. The molecule has 5 nitrogen and oxygen atoms in total. The van der Waals surface area contributed by atoms with Crippen LogP contribution in [0.1, 0.15) is 11.1 Å². The van der Waals surface area contributed by atoms with Gasteiger partial charge in [0.2, 0.25) is 0 Å². The van der Waals surface area contributed by atoms with Gasteiger partial charge in [0.25, 0.3) is 0 Å². The van der Waals surface area contributed by atoms with Gasteiger partial charge in [0.05, 0.1) is 25.4 Å². The molecule has 2 aromatic rings. The van der Waals surface area contributed by atoms with E-state index in [1.165, 1.54) is 4.90 Å². The maximum Gasteiger partial charge on any atom is 0.150 e. The molecule has 0 atom stereocenters. The van der Waals surface area contributed by atoms with Gasteiger partial charge in [-0.05, 0) is 17.7 Å². The van der Waals surface area contributed by atoms with Crippen LogP contribution in [0.25, 0.3) is 10.9 Å². The van der Waals surface area contributed by atoms with E-state index in [0.717, 1.165) is 49.4 Å². The first-order chi connectivity index (χ1) is 10.3. The fourth-order valence-electron chi connectivity index (χ4n) is 2.88. The smallest absolute Gasteiger partial charge is 0.150 e. The Hall–Kier alpha value is -1.69. The van der Waals surface area contributed by atoms with Crippen molar-refractivity contribution in [3.8, 4) is 5.75 Å². The molecule has 5 heteroatoms. The van der Waals surface area contributed by atoms with E-state index in [1.54, 1.807) is 13.3 Å². The summed E-state index contributed by atoms with van der Waals surface area (Å²) in [5.74, 6) is 0.296. The van der Waals surface area contributed by atoms with Crippen LogP contribution in [0.3, 0.4) is 0 Å². The summed E-state index contributed by atoms with van der Waals surface area (Å²) in [6.45, 7) is 4.82. The number of methoxy groups -OCH3 is 1. The van der Waals surface area contributed by atoms with Gasteiger partial charge in [0.15, 0.2) is 5.75 Å². The molecule has 0 bridgehead atoms. The molecule has 1 aliphatic rings. The van der Waals surface area contributed by atoms with Gasteiger partial charge < -0.3 is 19.5 Å². The van der Waals surface area contributed by atoms with Crippen molar-refractivity contribution in [3.63, 3.8) is 0 Å². The van der Waals surface area contributed by atoms with Gasteiger partial charge in [-0.1, -0.05) is 6.07 Å². The summed E-state index contributed by atoms with van der Waals surface area (Å²) >= 11 is 0. The summed E-state index contributed by atoms with van der Waals surface area (Å²) in [4.78, 5) is 5.76. The lowest BCUT2D eigenvalue weighted by atomic mass is 10.0. The molecular formula is C16H21N2O3+. The number of aromatic nitrogens is 1. The largest absolute Gasteiger partial charge is 0.505 e. The molecule has 112 valence electrons. The second-order valence-electron chi connectivity index (χ2n) is 5.42. The zero-order valence-corrected chi connectivity index (χ0v) is 12.3. The van der Waals surface area contributed by atoms with Crippen molar-refractivity contribution < 1.29 is 19.5 Å². The highest BCUT2D eigenvalue weighted by Crippen LogP contribution is 2.30. The number of pyridine rings is 1. The number of fused-ring (bicyclic) bond motifs is 1. The lowest BCUT2D eigenvalue weighted by Gasteiger charge is -2.24. The zero-order valence-electron chi connectivity index (χ0n) is 12.3. The molecule has 21 heavy (non-hydrogen) atoms. The van der Waals surface area contributed by atoms with Gasteiger partial charge in [0, 0.05) is 18.7 Å². The van der Waals surface area contributed by atoms with Crippen molar-refractivity contribution in [1.82, 2.24) is 4.98 Å². The third-order valence-electron chi connectivity index (χ3n) is 3.97. The van der Waals surface area contributed by atoms with Crippen LogP contribution in [0.5, 0.6) is 5.75 Å². The first-order valence-corrected chi connectivity index (χ1v) is 7.28. The number of nitrogens with one attached hydrogen (secondary N) is 1. The molecule has 1 aromatic carbocycles. The molecule has 1 aliphatic heterocycles. The minimum Gasteiger partial charge on any atom is -0.505 e. The summed E-state index contributed by atoms with van der Waals surface area (Å²) < 4.78 is 10.7. The number of phenols is 1. The molecule has 3 rings (SSSR count). The van der Waals surface area contributed by atoms with E-state index in [1.807, 2.05) is 18.2 Å². The van der Waals surface area contributed by atoms with E-state index in [-0.39, 0.29) is 0 Å². The van der Waals surface area contributed by atoms with E-state index in [2.05, 4.69) is 4.98 Å². The van der Waals surface area contributed by atoms with Crippen LogP contribution in [0.15, 0.2) is 24.4 Å². The summed E-state index contributed by atoms with van der Waals surface area (Å²) in [6.07, 6.45) is 1.71. The van der Waals surface area contributed by atoms with Crippen molar-refractivity contribution in [1.29, 1.82) is 0 Å². The number of aromatic hydroxyl groups is 1. The van der Waals surface area contributed by atoms with E-state index >= 15 is 0 Å². The molecule has 0 radical (unpaired) electrons. The third-order valence-corrected chi connectivity index (χ3v) is 3.97. The topological polar surface area (TPSA) is 56.0 Å². The first-order valence-electron chi connectivity index (χ1n) is 7.28. The van der Waals surface area contributed by atoms with Crippen LogP contribution in [0.2, 0.25) is 0 Å². The quantitative estimate of drug-likeness (QED) is 0.861. The summed E-state index contributed by atoms with van der Waals surface area (Å²) in [5, 5.41) is 11.5. The van der Waals surface area contributed by atoms with E-state index in [9.17, 15) is 5.11 Å². The molecule has 0 unspecified atom stereocenters. The number of nitrogens with zero attached hydrogens (tertiary/aromatic N) is 1. The van der Waals surface area contributed by atoms with Crippen molar-refractivity contribution in [2.24, 2.45) is 0 Å². The monoisotopic (exact) mass is 289 g/mol. The van der Waals surface area contributed by atoms with Crippen LogP contribution in [0.4, 0.5) is 0 Å². The lowest BCUT2D eigenvalue weighted by Crippen LogP contribution is -3.12. The number of rotatable bonds is 4. The Balaban J connectivity index is 1.99. The normalized spacial score (nSPS) is 16.4. The fraction of sp³-hybridized carbons (Fsp3) is 0.438. The van der Waals surface area contributed by atoms with Crippen LogP contribution >= 0.6 is 0 Å². The second kappa shape index (κ2) is 6.39. The molecule has 0 amide bonds. The highest BCUT2D eigenvalue weighted by Gasteiger charge is 2.19. The second-order valence-corrected chi connectivity index (χ2v) is 5.42. The van der Waals surface area contributed by atoms with Crippen molar-refractivity contribution in [2.45, 2.75) is 13.2 Å². The van der Waals surface area contributed by atoms with Crippen molar-refractivity contribution in [3.05, 3.63) is 35.5 Å². The van der Waals surface area contributed by atoms with E-state index < -0.39 is 0 Å². The van der Waals surface area contributed by atoms with Gasteiger partial charge in [-0.3, -0.25) is 4.98 Å². The highest BCUT2D eigenvalue weighted by atomic mass is 16.5. The molecule has 1 fully saturated rings. The van der Waals surface area contributed by atoms with Gasteiger partial charge in [-0.25, -0.2) is 0 Å². The molecule has 1 aromatic heterocycles. The SMILES string of the molecule is COCc1cc(C[NH+]2CCOCC2)c(O)c2ncccc12. The summed E-state index contributed by atoms with van der Waals surface area (Å²) in [5.41, 5.74) is 2.67. The zero-order chi connectivity index (χ0) is 14.7. The standard InChI is InChI=1S/C16H20N2O3/c1-20-11-13-9-12(10-18-5-7-21-8-6-18)16(19)15-14(13)3-2-4-17-15/h2-4,9,19H,5-8,10-11H2,1H3/p+1.